The van der Waals surface area contributed by atoms with E-state index in [1.165, 1.54) is 23.0 Å². The molecule has 4 aliphatic heterocycles. The van der Waals surface area contributed by atoms with E-state index in [1.54, 1.807) is 30.4 Å². The number of aliphatic hydroxyl groups excluding tert-OH is 1. The number of ether oxygens (including phenoxy) is 2. The Bertz CT molecular complexity index is 1740. The number of alkyl halides is 1. The highest BCUT2D eigenvalue weighted by atomic mass is 19.1. The summed E-state index contributed by atoms with van der Waals surface area (Å²) in [5.74, 6) is 0.565. The van der Waals surface area contributed by atoms with Gasteiger partial charge in [-0.05, 0) is 54.6 Å². The van der Waals surface area contributed by atoms with E-state index in [1.807, 2.05) is 12.1 Å². The van der Waals surface area contributed by atoms with Crippen LogP contribution in [0.3, 0.4) is 0 Å². The van der Waals surface area contributed by atoms with Crippen LogP contribution in [0.15, 0.2) is 72.7 Å². The van der Waals surface area contributed by atoms with E-state index in [0.717, 1.165) is 45.1 Å². The van der Waals surface area contributed by atoms with Gasteiger partial charge in [0.25, 0.3) is 5.91 Å². The third-order valence-corrected chi connectivity index (χ3v) is 9.01. The number of piperidine rings is 1. The summed E-state index contributed by atoms with van der Waals surface area (Å²) in [7, 11) is 0. The first-order valence-corrected chi connectivity index (χ1v) is 16.0. The number of carbonyl (C=O) groups excluding carboxylic acids is 1. The summed E-state index contributed by atoms with van der Waals surface area (Å²) in [5.41, 5.74) is 2.99. The second-order valence-corrected chi connectivity index (χ2v) is 12.1. The van der Waals surface area contributed by atoms with Gasteiger partial charge in [-0.25, -0.2) is 14.4 Å². The Balaban J connectivity index is 0.958. The van der Waals surface area contributed by atoms with Crippen LogP contribution in [0.2, 0.25) is 0 Å². The van der Waals surface area contributed by atoms with Crippen LogP contribution in [0.4, 0.5) is 21.7 Å². The number of aromatic nitrogens is 3. The lowest BCUT2D eigenvalue weighted by Gasteiger charge is -2.43. The lowest BCUT2D eigenvalue weighted by molar-refractivity contribution is -0.131. The number of dihydropyridines is 1. The highest BCUT2D eigenvalue weighted by molar-refractivity contribution is 5.93. The fraction of sp³-hybridized carbons (Fsp3) is 0.382. The highest BCUT2D eigenvalue weighted by Crippen LogP contribution is 2.29. The summed E-state index contributed by atoms with van der Waals surface area (Å²) < 4.78 is 26.5. The monoisotopic (exact) mass is 653 g/mol. The fourth-order valence-corrected chi connectivity index (χ4v) is 6.20. The molecule has 13 nitrogen and oxygen atoms in total. The molecule has 3 fully saturated rings. The summed E-state index contributed by atoms with van der Waals surface area (Å²) in [4.78, 5) is 32.2. The number of hydrogen-bond acceptors (Lipinski definition) is 12. The number of allylic oxidation sites excluding steroid dienone is 2. The highest BCUT2D eigenvalue weighted by Gasteiger charge is 2.35. The normalized spacial score (nSPS) is 23.0. The molecule has 7 rings (SSSR count). The smallest absolute Gasteiger partial charge is 0.270 e. The molecule has 0 aliphatic carbocycles. The molecule has 0 saturated carbocycles. The SMILES string of the molecule is N#Cc1cc(-c2ncnc(Nc3ccc(N4CCN(C5COC5)CC4)cc3)n2)ccc1O[C@H]1CCN(C(=O)C2=CC=CC(O)N2)C[C@H]1F. The van der Waals surface area contributed by atoms with Gasteiger partial charge in [0, 0.05) is 56.1 Å². The molecule has 0 spiro atoms. The number of carbonyl (C=O) groups is 1. The minimum absolute atomic E-state index is 0.167. The summed E-state index contributed by atoms with van der Waals surface area (Å²) >= 11 is 0. The molecule has 48 heavy (non-hydrogen) atoms. The van der Waals surface area contributed by atoms with E-state index in [2.05, 4.69) is 53.6 Å². The number of amides is 1. The quantitative estimate of drug-likeness (QED) is 0.327. The number of likely N-dealkylation sites (tertiary alicyclic amines) is 1. The van der Waals surface area contributed by atoms with Gasteiger partial charge in [0.2, 0.25) is 5.95 Å². The molecular formula is C34H36FN9O4. The molecule has 1 amide bonds. The van der Waals surface area contributed by atoms with Crippen molar-refractivity contribution in [1.29, 1.82) is 5.26 Å². The summed E-state index contributed by atoms with van der Waals surface area (Å²) in [6.45, 7) is 5.79. The lowest BCUT2D eigenvalue weighted by Crippen LogP contribution is -2.56. The topological polar surface area (TPSA) is 152 Å². The van der Waals surface area contributed by atoms with Gasteiger partial charge in [0.15, 0.2) is 12.0 Å². The number of aliphatic hydroxyl groups is 1. The Labute approximate surface area is 277 Å². The van der Waals surface area contributed by atoms with Crippen LogP contribution in [0.25, 0.3) is 11.4 Å². The van der Waals surface area contributed by atoms with Crippen molar-refractivity contribution in [2.75, 3.05) is 62.7 Å². The molecule has 2 aromatic carbocycles. The van der Waals surface area contributed by atoms with E-state index in [4.69, 9.17) is 9.47 Å². The number of nitriles is 1. The van der Waals surface area contributed by atoms with Gasteiger partial charge < -0.3 is 35.0 Å². The molecule has 0 bridgehead atoms. The van der Waals surface area contributed by atoms with Crippen molar-refractivity contribution in [3.05, 3.63) is 78.3 Å². The van der Waals surface area contributed by atoms with E-state index in [0.29, 0.717) is 23.4 Å². The van der Waals surface area contributed by atoms with Crippen molar-refractivity contribution in [1.82, 2.24) is 30.1 Å². The number of piperazine rings is 1. The van der Waals surface area contributed by atoms with E-state index in [9.17, 15) is 15.2 Å². The zero-order chi connectivity index (χ0) is 33.0. The first-order valence-electron chi connectivity index (χ1n) is 16.0. The van der Waals surface area contributed by atoms with Crippen LogP contribution >= 0.6 is 0 Å². The Morgan fingerprint density at radius 3 is 2.62 bits per heavy atom. The minimum Gasteiger partial charge on any atom is -0.486 e. The van der Waals surface area contributed by atoms with Crippen LogP contribution in [0, 0.1) is 11.3 Å². The lowest BCUT2D eigenvalue weighted by atomic mass is 10.0. The van der Waals surface area contributed by atoms with Crippen LogP contribution in [0.1, 0.15) is 12.0 Å². The number of halogens is 1. The number of nitrogens with zero attached hydrogens (tertiary/aromatic N) is 7. The maximum absolute atomic E-state index is 15.2. The molecule has 248 valence electrons. The van der Waals surface area contributed by atoms with Gasteiger partial charge in [-0.15, -0.1) is 0 Å². The number of hydrogen-bond donors (Lipinski definition) is 3. The van der Waals surface area contributed by atoms with Crippen molar-refractivity contribution in [3.8, 4) is 23.2 Å². The molecule has 1 aromatic heterocycles. The maximum Gasteiger partial charge on any atom is 0.270 e. The second-order valence-electron chi connectivity index (χ2n) is 12.1. The van der Waals surface area contributed by atoms with Crippen molar-refractivity contribution in [3.63, 3.8) is 0 Å². The predicted molar refractivity (Wildman–Crippen MR) is 175 cm³/mol. The summed E-state index contributed by atoms with van der Waals surface area (Å²) in [6.07, 6.45) is 2.99. The van der Waals surface area contributed by atoms with Gasteiger partial charge in [0.1, 0.15) is 36.2 Å². The van der Waals surface area contributed by atoms with Crippen molar-refractivity contribution in [2.24, 2.45) is 0 Å². The molecule has 1 unspecified atom stereocenters. The number of rotatable bonds is 8. The first-order chi connectivity index (χ1) is 23.4. The maximum atomic E-state index is 15.2. The average molecular weight is 654 g/mol. The third kappa shape index (κ3) is 6.93. The van der Waals surface area contributed by atoms with Gasteiger partial charge in [-0.2, -0.15) is 10.2 Å². The predicted octanol–water partition coefficient (Wildman–Crippen LogP) is 2.35. The molecule has 3 atom stereocenters. The number of nitrogens with one attached hydrogen (secondary N) is 2. The van der Waals surface area contributed by atoms with Crippen LogP contribution in [0.5, 0.6) is 5.75 Å². The van der Waals surface area contributed by atoms with Gasteiger partial charge in [-0.1, -0.05) is 6.08 Å². The summed E-state index contributed by atoms with van der Waals surface area (Å²) in [5, 5.41) is 25.5. The molecule has 14 heteroatoms. The van der Waals surface area contributed by atoms with Gasteiger partial charge in [0.05, 0.1) is 31.4 Å². The Morgan fingerprint density at radius 2 is 1.92 bits per heavy atom. The Kier molecular flexibility index (Phi) is 9.15. The first kappa shape index (κ1) is 31.5. The van der Waals surface area contributed by atoms with E-state index in [-0.39, 0.29) is 36.5 Å². The zero-order valence-corrected chi connectivity index (χ0v) is 26.2. The Morgan fingerprint density at radius 1 is 1.10 bits per heavy atom. The van der Waals surface area contributed by atoms with Gasteiger partial charge in [-0.3, -0.25) is 9.69 Å². The van der Waals surface area contributed by atoms with Crippen molar-refractivity contribution >= 4 is 23.2 Å². The zero-order valence-electron chi connectivity index (χ0n) is 26.2. The molecule has 5 heterocycles. The van der Waals surface area contributed by atoms with Crippen LogP contribution in [-0.2, 0) is 9.53 Å². The number of benzene rings is 2. The Hall–Kier alpha value is -5.10. The molecular weight excluding hydrogens is 617 g/mol. The molecule has 3 saturated heterocycles. The van der Waals surface area contributed by atoms with Crippen molar-refractivity contribution in [2.45, 2.75) is 31.0 Å². The number of anilines is 3. The van der Waals surface area contributed by atoms with Crippen LogP contribution in [-0.4, -0.2) is 113 Å². The summed E-state index contributed by atoms with van der Waals surface area (Å²) in [6, 6.07) is 15.8. The van der Waals surface area contributed by atoms with Crippen LogP contribution < -0.4 is 20.3 Å². The molecule has 3 aromatic rings. The average Bonchev–Trinajstić information content (AvgIpc) is 3.09. The standard InChI is InChI=1S/C34H36FN9O4/c35-27-18-44(33(46)28-2-1-3-31(45)40-28)11-10-30(27)48-29-9-4-22(16-23(29)17-36)32-37-21-38-34(41-32)39-24-5-7-25(8-6-24)42-12-14-43(15-13-42)26-19-47-20-26/h1-9,16,21,26-27,30-31,40,45H,10-15,18-20H2,(H,37,38,39,41)/t27-,30+,31?/m1/s1. The fourth-order valence-electron chi connectivity index (χ4n) is 6.20. The largest absolute Gasteiger partial charge is 0.486 e. The van der Waals surface area contributed by atoms with E-state index < -0.39 is 24.4 Å². The molecule has 0 radical (unpaired) electrons. The second kappa shape index (κ2) is 13.9. The van der Waals surface area contributed by atoms with E-state index >= 15 is 4.39 Å². The third-order valence-electron chi connectivity index (χ3n) is 9.01. The minimum atomic E-state index is -1.47. The van der Waals surface area contributed by atoms with Crippen molar-refractivity contribution < 1.29 is 23.8 Å². The van der Waals surface area contributed by atoms with Gasteiger partial charge >= 0.3 is 0 Å². The molecule has 3 N–H and O–H groups in total. The molecule has 4 aliphatic rings.